The molecule has 66 heavy (non-hydrogen) atoms. The lowest BCUT2D eigenvalue weighted by Crippen LogP contribution is -2.24. The quantitative estimate of drug-likeness (QED) is 0.118. The van der Waals surface area contributed by atoms with E-state index in [2.05, 4.69) is 229 Å². The smallest absolute Gasteiger partial charge is 0.0704 e. The van der Waals surface area contributed by atoms with Crippen LogP contribution in [-0.2, 0) is 0 Å². The molecular weight excluding hydrogens is 799 g/mol. The third-order valence-corrected chi connectivity index (χ3v) is 14.3. The van der Waals surface area contributed by atoms with E-state index in [1.807, 2.05) is 0 Å². The van der Waals surface area contributed by atoms with Gasteiger partial charge in [0.25, 0.3) is 0 Å². The number of nitrogens with one attached hydrogen (secondary N) is 1. The number of hydrogen-bond donors (Lipinski definition) is 2. The molecule has 2 aliphatic carbocycles. The standard InChI is InChI=1S/C63H51N3/c1-41-17-15-19-42(35-41)47-39-61-63(65-40-47)58-37-44(33-34-60(58)66(61)48-22-3-2-4-23-48)43-20-16-21-46(36-43)59(64)32-14-13-26-51-52-27-9-11-30-55(52)62(56-31-12-10-28-53(51)56)57-38-45-18-5-6-24-49(45)50-25-7-8-29-54(50)57/h2-11,13-25,27-30,32-39,56,62,65H,12,26,31,40,64H2,1H3/b14-13-,59-32-. The topological polar surface area (TPSA) is 43.0 Å². The molecule has 1 aromatic heterocycles. The molecule has 318 valence electrons. The highest BCUT2D eigenvalue weighted by atomic mass is 15.0. The molecule has 2 unspecified atom stereocenters. The molecular formula is C63H51N3. The Morgan fingerprint density at radius 2 is 1.45 bits per heavy atom. The zero-order valence-corrected chi connectivity index (χ0v) is 37.2. The van der Waals surface area contributed by atoms with Crippen molar-refractivity contribution < 1.29 is 0 Å². The van der Waals surface area contributed by atoms with Gasteiger partial charge in [-0.15, -0.1) is 0 Å². The zero-order valence-electron chi connectivity index (χ0n) is 37.2. The van der Waals surface area contributed by atoms with E-state index in [1.165, 1.54) is 82.7 Å². The van der Waals surface area contributed by atoms with Gasteiger partial charge in [-0.3, -0.25) is 0 Å². The van der Waals surface area contributed by atoms with Crippen LogP contribution in [0.2, 0.25) is 0 Å². The minimum absolute atomic E-state index is 0.283. The summed E-state index contributed by atoms with van der Waals surface area (Å²) in [6.07, 6.45) is 16.8. The Balaban J connectivity index is 0.851. The van der Waals surface area contributed by atoms with Crippen LogP contribution in [-0.4, -0.2) is 11.1 Å². The van der Waals surface area contributed by atoms with E-state index in [4.69, 9.17) is 5.73 Å². The monoisotopic (exact) mass is 849 g/mol. The molecule has 0 fully saturated rings. The van der Waals surface area contributed by atoms with Crippen LogP contribution in [0, 0.1) is 12.8 Å². The molecule has 0 spiro atoms. The SMILES string of the molecule is Cc1cccc(C2=Cc3c(c4cc(-c5cccc(/C(N)=C/C=C\CC6=C7C=CCCC7C(c7cc8ccccc8c8ccccc78)c7ccccc76)c5)ccc4n3-c3ccccc3)NC2)c1. The van der Waals surface area contributed by atoms with Crippen molar-refractivity contribution in [3.63, 3.8) is 0 Å². The number of aromatic nitrogens is 1. The maximum atomic E-state index is 6.90. The third kappa shape index (κ3) is 6.91. The zero-order chi connectivity index (χ0) is 44.1. The molecule has 0 radical (unpaired) electrons. The van der Waals surface area contributed by atoms with E-state index < -0.39 is 0 Å². The predicted octanol–water partition coefficient (Wildman–Crippen LogP) is 15.7. The summed E-state index contributed by atoms with van der Waals surface area (Å²) < 4.78 is 2.39. The molecule has 0 bridgehead atoms. The van der Waals surface area contributed by atoms with Crippen LogP contribution in [0.1, 0.15) is 64.3 Å². The van der Waals surface area contributed by atoms with Gasteiger partial charge < -0.3 is 15.6 Å². The van der Waals surface area contributed by atoms with E-state index in [-0.39, 0.29) is 5.92 Å². The second-order valence-electron chi connectivity index (χ2n) is 18.2. The average molecular weight is 850 g/mol. The summed E-state index contributed by atoms with van der Waals surface area (Å²) in [6, 6.07) is 64.5. The van der Waals surface area contributed by atoms with Gasteiger partial charge in [-0.1, -0.05) is 169 Å². The van der Waals surface area contributed by atoms with Crippen LogP contribution >= 0.6 is 0 Å². The highest BCUT2D eigenvalue weighted by Gasteiger charge is 2.36. The number of hydrogen-bond acceptors (Lipinski definition) is 2. The van der Waals surface area contributed by atoms with E-state index in [0.717, 1.165) is 59.6 Å². The van der Waals surface area contributed by atoms with Gasteiger partial charge in [0.15, 0.2) is 0 Å². The van der Waals surface area contributed by atoms with Crippen molar-refractivity contribution in [1.29, 1.82) is 0 Å². The van der Waals surface area contributed by atoms with Crippen LogP contribution in [0.3, 0.4) is 0 Å². The average Bonchev–Trinajstić information content (AvgIpc) is 3.70. The highest BCUT2D eigenvalue weighted by Crippen LogP contribution is 2.52. The number of aryl methyl sites for hydroxylation is 1. The first-order valence-corrected chi connectivity index (χ1v) is 23.4. The number of para-hydroxylation sites is 1. The molecule has 0 amide bonds. The minimum atomic E-state index is 0.283. The molecule has 3 N–H and O–H groups in total. The van der Waals surface area contributed by atoms with E-state index >= 15 is 0 Å². The first-order chi connectivity index (χ1) is 32.6. The Morgan fingerprint density at radius 3 is 2.35 bits per heavy atom. The molecule has 9 aromatic rings. The van der Waals surface area contributed by atoms with Gasteiger partial charge in [0.1, 0.15) is 0 Å². The molecule has 0 saturated heterocycles. The summed E-state index contributed by atoms with van der Waals surface area (Å²) in [5, 5.41) is 10.4. The Bertz CT molecular complexity index is 3540. The fourth-order valence-electron chi connectivity index (χ4n) is 11.2. The van der Waals surface area contributed by atoms with Gasteiger partial charge in [-0.25, -0.2) is 0 Å². The van der Waals surface area contributed by atoms with Gasteiger partial charge in [-0.05, 0) is 158 Å². The van der Waals surface area contributed by atoms with E-state index in [9.17, 15) is 0 Å². The number of nitrogens with zero attached hydrogens (tertiary/aromatic N) is 1. The lowest BCUT2D eigenvalue weighted by Gasteiger charge is -2.39. The Labute approximate surface area is 387 Å². The molecule has 3 heteroatoms. The summed E-state index contributed by atoms with van der Waals surface area (Å²) in [5.41, 5.74) is 26.5. The van der Waals surface area contributed by atoms with Crippen LogP contribution in [0.4, 0.5) is 5.69 Å². The maximum Gasteiger partial charge on any atom is 0.0704 e. The van der Waals surface area contributed by atoms with Crippen molar-refractivity contribution in [2.45, 2.75) is 32.1 Å². The molecule has 0 saturated carbocycles. The normalized spacial score (nSPS) is 16.9. The predicted molar refractivity (Wildman–Crippen MR) is 281 cm³/mol. The second kappa shape index (κ2) is 16.6. The Hall–Kier alpha value is -7.88. The minimum Gasteiger partial charge on any atom is -0.398 e. The van der Waals surface area contributed by atoms with Crippen molar-refractivity contribution in [2.24, 2.45) is 11.7 Å². The lowest BCUT2D eigenvalue weighted by atomic mass is 9.64. The summed E-state index contributed by atoms with van der Waals surface area (Å²) in [6.45, 7) is 2.93. The van der Waals surface area contributed by atoms with Gasteiger partial charge in [0.2, 0.25) is 0 Å². The summed E-state index contributed by atoms with van der Waals surface area (Å²) >= 11 is 0. The van der Waals surface area contributed by atoms with Crippen molar-refractivity contribution >= 4 is 61.1 Å². The first kappa shape index (κ1) is 39.7. The number of fused-ring (bicyclic) bond motifs is 8. The molecule has 2 heterocycles. The molecule has 3 nitrogen and oxygen atoms in total. The molecule has 2 atom stereocenters. The summed E-state index contributed by atoms with van der Waals surface area (Å²) in [4.78, 5) is 0. The van der Waals surface area contributed by atoms with Gasteiger partial charge in [0, 0.05) is 29.2 Å². The maximum absolute atomic E-state index is 6.90. The highest BCUT2D eigenvalue weighted by molar-refractivity contribution is 6.10. The van der Waals surface area contributed by atoms with Gasteiger partial charge in [0.05, 0.1) is 16.9 Å². The Kier molecular flexibility index (Phi) is 9.98. The largest absolute Gasteiger partial charge is 0.398 e. The number of anilines is 1. The summed E-state index contributed by atoms with van der Waals surface area (Å²) in [5.74, 6) is 0.692. The molecule has 1 aliphatic heterocycles. The lowest BCUT2D eigenvalue weighted by molar-refractivity contribution is 0.497. The van der Waals surface area contributed by atoms with Crippen molar-refractivity contribution in [2.75, 3.05) is 11.9 Å². The second-order valence-corrected chi connectivity index (χ2v) is 18.2. The molecule has 3 aliphatic rings. The van der Waals surface area contributed by atoms with Crippen LogP contribution in [0.15, 0.2) is 212 Å². The molecule has 8 aromatic carbocycles. The van der Waals surface area contributed by atoms with Gasteiger partial charge in [-0.2, -0.15) is 0 Å². The fourth-order valence-corrected chi connectivity index (χ4v) is 11.2. The van der Waals surface area contributed by atoms with Crippen LogP contribution < -0.4 is 11.1 Å². The van der Waals surface area contributed by atoms with Crippen molar-refractivity contribution in [1.82, 2.24) is 4.57 Å². The van der Waals surface area contributed by atoms with Crippen molar-refractivity contribution in [3.05, 3.63) is 251 Å². The fraction of sp³-hybridized carbons (Fsp3) is 0.111. The number of rotatable bonds is 8. The van der Waals surface area contributed by atoms with Crippen LogP contribution in [0.25, 0.3) is 72.2 Å². The van der Waals surface area contributed by atoms with Gasteiger partial charge >= 0.3 is 0 Å². The van der Waals surface area contributed by atoms with E-state index in [0.29, 0.717) is 5.92 Å². The molecule has 12 rings (SSSR count). The van der Waals surface area contributed by atoms with Crippen LogP contribution in [0.5, 0.6) is 0 Å². The Morgan fingerprint density at radius 1 is 0.682 bits per heavy atom. The first-order valence-electron chi connectivity index (χ1n) is 23.4. The van der Waals surface area contributed by atoms with E-state index in [1.54, 1.807) is 0 Å². The van der Waals surface area contributed by atoms with Crippen molar-refractivity contribution in [3.8, 4) is 16.8 Å². The third-order valence-electron chi connectivity index (χ3n) is 14.3. The number of benzene rings is 8. The number of allylic oxidation sites excluding steroid dienone is 7. The summed E-state index contributed by atoms with van der Waals surface area (Å²) in [7, 11) is 0. The number of nitrogens with two attached hydrogens (primary N) is 1.